The molecule has 0 radical (unpaired) electrons. The Kier molecular flexibility index (Phi) is 4.61. The fourth-order valence-corrected chi connectivity index (χ4v) is 2.73. The van der Waals surface area contributed by atoms with Gasteiger partial charge in [0.1, 0.15) is 5.75 Å². The molecule has 1 heterocycles. The zero-order valence-corrected chi connectivity index (χ0v) is 11.5. The molecule has 1 aliphatic rings. The molecule has 1 atom stereocenters. The minimum Gasteiger partial charge on any atom is -0.508 e. The van der Waals surface area contributed by atoms with Crippen LogP contribution in [0.5, 0.6) is 5.75 Å². The van der Waals surface area contributed by atoms with E-state index in [2.05, 4.69) is 23.8 Å². The van der Waals surface area contributed by atoms with Crippen molar-refractivity contribution in [2.75, 3.05) is 39.8 Å². The number of nitrogens with zero attached hydrogens (tertiary/aromatic N) is 2. The first-order valence-electron chi connectivity index (χ1n) is 6.83. The standard InChI is InChI=1S/C15H24N2O/c1-13-11-16(2)9-10-17(12-13)8-7-14-5-3-4-6-15(14)18/h3-6,13,18H,7-12H2,1-2H3. The molecule has 0 amide bonds. The first-order valence-corrected chi connectivity index (χ1v) is 6.83. The predicted molar refractivity (Wildman–Crippen MR) is 74.9 cm³/mol. The number of para-hydroxylation sites is 1. The van der Waals surface area contributed by atoms with Crippen LogP contribution in [0.15, 0.2) is 24.3 Å². The van der Waals surface area contributed by atoms with Gasteiger partial charge >= 0.3 is 0 Å². The van der Waals surface area contributed by atoms with Gasteiger partial charge in [-0.3, -0.25) is 0 Å². The van der Waals surface area contributed by atoms with E-state index >= 15 is 0 Å². The zero-order chi connectivity index (χ0) is 13.0. The van der Waals surface area contributed by atoms with Crippen LogP contribution in [-0.2, 0) is 6.42 Å². The first-order chi connectivity index (χ1) is 8.65. The summed E-state index contributed by atoms with van der Waals surface area (Å²) < 4.78 is 0. The molecule has 1 aliphatic heterocycles. The summed E-state index contributed by atoms with van der Waals surface area (Å²) in [6, 6.07) is 7.66. The maximum atomic E-state index is 9.76. The second-order valence-corrected chi connectivity index (χ2v) is 5.55. The quantitative estimate of drug-likeness (QED) is 0.884. The highest BCUT2D eigenvalue weighted by atomic mass is 16.3. The van der Waals surface area contributed by atoms with Crippen LogP contribution in [0.1, 0.15) is 12.5 Å². The maximum Gasteiger partial charge on any atom is 0.118 e. The lowest BCUT2D eigenvalue weighted by atomic mass is 10.1. The molecule has 2 rings (SSSR count). The number of phenols is 1. The molecule has 0 spiro atoms. The summed E-state index contributed by atoms with van der Waals surface area (Å²) in [5.41, 5.74) is 1.06. The molecule has 0 aromatic heterocycles. The Balaban J connectivity index is 1.88. The van der Waals surface area contributed by atoms with E-state index in [-0.39, 0.29) is 0 Å². The zero-order valence-electron chi connectivity index (χ0n) is 11.5. The van der Waals surface area contributed by atoms with Gasteiger partial charge < -0.3 is 14.9 Å². The highest BCUT2D eigenvalue weighted by Gasteiger charge is 2.17. The molecule has 1 fully saturated rings. The molecule has 1 aromatic carbocycles. The lowest BCUT2D eigenvalue weighted by Gasteiger charge is -2.21. The van der Waals surface area contributed by atoms with Crippen LogP contribution in [0, 0.1) is 5.92 Å². The lowest BCUT2D eigenvalue weighted by Crippen LogP contribution is -2.31. The van der Waals surface area contributed by atoms with Crippen molar-refractivity contribution in [2.24, 2.45) is 5.92 Å². The van der Waals surface area contributed by atoms with Gasteiger partial charge in [0.05, 0.1) is 0 Å². The molecule has 0 bridgehead atoms. The normalized spacial score (nSPS) is 22.9. The summed E-state index contributed by atoms with van der Waals surface area (Å²) >= 11 is 0. The molecule has 1 N–H and O–H groups in total. The SMILES string of the molecule is CC1CN(C)CCN(CCc2ccccc2O)C1. The van der Waals surface area contributed by atoms with Crippen molar-refractivity contribution in [2.45, 2.75) is 13.3 Å². The number of likely N-dealkylation sites (N-methyl/N-ethyl adjacent to an activating group) is 1. The van der Waals surface area contributed by atoms with Crippen molar-refractivity contribution in [3.05, 3.63) is 29.8 Å². The molecule has 0 saturated carbocycles. The van der Waals surface area contributed by atoms with Crippen LogP contribution in [0.2, 0.25) is 0 Å². The number of hydrogen-bond donors (Lipinski definition) is 1. The van der Waals surface area contributed by atoms with Gasteiger partial charge in [0, 0.05) is 32.7 Å². The minimum absolute atomic E-state index is 0.428. The van der Waals surface area contributed by atoms with E-state index in [1.54, 1.807) is 6.07 Å². The van der Waals surface area contributed by atoms with Crippen molar-refractivity contribution >= 4 is 0 Å². The lowest BCUT2D eigenvalue weighted by molar-refractivity contribution is 0.266. The molecule has 100 valence electrons. The Morgan fingerprint density at radius 1 is 1.22 bits per heavy atom. The number of benzene rings is 1. The Labute approximate surface area is 110 Å². The highest BCUT2D eigenvalue weighted by molar-refractivity contribution is 5.31. The van der Waals surface area contributed by atoms with Gasteiger partial charge in [-0.15, -0.1) is 0 Å². The number of rotatable bonds is 3. The number of hydrogen-bond acceptors (Lipinski definition) is 3. The summed E-state index contributed by atoms with van der Waals surface area (Å²) in [4.78, 5) is 4.92. The van der Waals surface area contributed by atoms with Crippen molar-refractivity contribution in [3.63, 3.8) is 0 Å². The topological polar surface area (TPSA) is 26.7 Å². The van der Waals surface area contributed by atoms with Gasteiger partial charge in [-0.05, 0) is 31.0 Å². The van der Waals surface area contributed by atoms with E-state index in [1.807, 2.05) is 18.2 Å². The summed E-state index contributed by atoms with van der Waals surface area (Å²) in [5, 5.41) is 9.76. The molecular formula is C15H24N2O. The Bertz CT molecular complexity index is 381. The minimum atomic E-state index is 0.428. The number of phenolic OH excluding ortho intramolecular Hbond substituents is 1. The van der Waals surface area contributed by atoms with Crippen LogP contribution in [0.3, 0.4) is 0 Å². The van der Waals surface area contributed by atoms with Crippen LogP contribution in [0.4, 0.5) is 0 Å². The third-order valence-corrected chi connectivity index (χ3v) is 3.68. The van der Waals surface area contributed by atoms with Crippen LogP contribution in [-0.4, -0.2) is 54.7 Å². The van der Waals surface area contributed by atoms with Crippen LogP contribution in [0.25, 0.3) is 0 Å². The van der Waals surface area contributed by atoms with E-state index < -0.39 is 0 Å². The fourth-order valence-electron chi connectivity index (χ4n) is 2.73. The molecular weight excluding hydrogens is 224 g/mol. The Morgan fingerprint density at radius 3 is 2.78 bits per heavy atom. The van der Waals surface area contributed by atoms with E-state index in [4.69, 9.17) is 0 Å². The second-order valence-electron chi connectivity index (χ2n) is 5.55. The van der Waals surface area contributed by atoms with Gasteiger partial charge in [-0.2, -0.15) is 0 Å². The largest absolute Gasteiger partial charge is 0.508 e. The molecule has 1 aromatic rings. The van der Waals surface area contributed by atoms with Gasteiger partial charge in [-0.1, -0.05) is 25.1 Å². The van der Waals surface area contributed by atoms with Crippen molar-refractivity contribution < 1.29 is 5.11 Å². The van der Waals surface area contributed by atoms with Crippen molar-refractivity contribution in [1.82, 2.24) is 9.80 Å². The summed E-state index contributed by atoms with van der Waals surface area (Å²) in [7, 11) is 2.20. The van der Waals surface area contributed by atoms with Crippen molar-refractivity contribution in [1.29, 1.82) is 0 Å². The van der Waals surface area contributed by atoms with Gasteiger partial charge in [0.15, 0.2) is 0 Å². The van der Waals surface area contributed by atoms with Crippen LogP contribution < -0.4 is 0 Å². The summed E-state index contributed by atoms with van der Waals surface area (Å²) in [5.74, 6) is 1.15. The monoisotopic (exact) mass is 248 g/mol. The fraction of sp³-hybridized carbons (Fsp3) is 0.600. The molecule has 18 heavy (non-hydrogen) atoms. The first kappa shape index (κ1) is 13.4. The molecule has 1 saturated heterocycles. The maximum absolute atomic E-state index is 9.76. The van der Waals surface area contributed by atoms with Gasteiger partial charge in [-0.25, -0.2) is 0 Å². The summed E-state index contributed by atoms with van der Waals surface area (Å²) in [6.45, 7) is 7.98. The average Bonchev–Trinajstić information content (AvgIpc) is 2.49. The average molecular weight is 248 g/mol. The molecule has 1 unspecified atom stereocenters. The predicted octanol–water partition coefficient (Wildman–Crippen LogP) is 1.82. The summed E-state index contributed by atoms with van der Waals surface area (Å²) in [6.07, 6.45) is 0.934. The van der Waals surface area contributed by atoms with E-state index in [0.717, 1.165) is 44.1 Å². The van der Waals surface area contributed by atoms with E-state index in [9.17, 15) is 5.11 Å². The third-order valence-electron chi connectivity index (χ3n) is 3.68. The third kappa shape index (κ3) is 3.72. The molecule has 3 nitrogen and oxygen atoms in total. The molecule has 3 heteroatoms. The van der Waals surface area contributed by atoms with Gasteiger partial charge in [0.2, 0.25) is 0 Å². The second kappa shape index (κ2) is 6.21. The van der Waals surface area contributed by atoms with Crippen molar-refractivity contribution in [3.8, 4) is 5.75 Å². The smallest absolute Gasteiger partial charge is 0.118 e. The van der Waals surface area contributed by atoms with E-state index in [1.165, 1.54) is 6.54 Å². The van der Waals surface area contributed by atoms with E-state index in [0.29, 0.717) is 5.75 Å². The highest BCUT2D eigenvalue weighted by Crippen LogP contribution is 2.17. The Hall–Kier alpha value is -1.06. The van der Waals surface area contributed by atoms with Gasteiger partial charge in [0.25, 0.3) is 0 Å². The number of aromatic hydroxyl groups is 1. The van der Waals surface area contributed by atoms with Crippen LogP contribution >= 0.6 is 0 Å². The molecule has 0 aliphatic carbocycles. The Morgan fingerprint density at radius 2 is 2.00 bits per heavy atom.